The summed E-state index contributed by atoms with van der Waals surface area (Å²) < 4.78 is 10.3. The zero-order valence-corrected chi connectivity index (χ0v) is 14.2. The van der Waals surface area contributed by atoms with Crippen LogP contribution in [0.25, 0.3) is 0 Å². The third-order valence-corrected chi connectivity index (χ3v) is 3.50. The molecule has 1 amide bonds. The highest BCUT2D eigenvalue weighted by Gasteiger charge is 2.12. The summed E-state index contributed by atoms with van der Waals surface area (Å²) >= 11 is 0. The van der Waals surface area contributed by atoms with Crippen LogP contribution in [0.1, 0.15) is 21.8 Å². The number of benzene rings is 1. The third kappa shape index (κ3) is 3.95. The van der Waals surface area contributed by atoms with Crippen LogP contribution < -0.4 is 15.4 Å². The Morgan fingerprint density at radius 3 is 2.72 bits per heavy atom. The van der Waals surface area contributed by atoms with Crippen molar-refractivity contribution in [1.82, 2.24) is 10.1 Å². The predicted molar refractivity (Wildman–Crippen MR) is 94.4 cm³/mol. The molecule has 0 aliphatic heterocycles. The van der Waals surface area contributed by atoms with Gasteiger partial charge in [-0.05, 0) is 43.7 Å². The van der Waals surface area contributed by atoms with Crippen molar-refractivity contribution in [2.45, 2.75) is 13.8 Å². The predicted octanol–water partition coefficient (Wildman–Crippen LogP) is 3.69. The van der Waals surface area contributed by atoms with Crippen LogP contribution in [0, 0.1) is 13.8 Å². The fourth-order valence-corrected chi connectivity index (χ4v) is 2.31. The number of anilines is 3. The maximum atomic E-state index is 12.5. The van der Waals surface area contributed by atoms with E-state index in [0.29, 0.717) is 28.7 Å². The van der Waals surface area contributed by atoms with Crippen molar-refractivity contribution < 1.29 is 14.1 Å². The second kappa shape index (κ2) is 7.04. The normalized spacial score (nSPS) is 10.4. The van der Waals surface area contributed by atoms with Crippen LogP contribution in [0.4, 0.5) is 17.2 Å². The average molecular weight is 338 g/mol. The van der Waals surface area contributed by atoms with Crippen LogP contribution in [0.15, 0.2) is 47.1 Å². The second-order valence-electron chi connectivity index (χ2n) is 5.54. The summed E-state index contributed by atoms with van der Waals surface area (Å²) in [5, 5.41) is 9.75. The van der Waals surface area contributed by atoms with E-state index in [4.69, 9.17) is 9.26 Å². The van der Waals surface area contributed by atoms with Gasteiger partial charge in [0.1, 0.15) is 17.2 Å². The van der Waals surface area contributed by atoms with Crippen LogP contribution in [0.5, 0.6) is 5.75 Å². The topological polar surface area (TPSA) is 89.3 Å². The SMILES string of the molecule is COc1ccc(C)cc1NC(=O)c1cc(Nc2cc(C)on2)ccn1. The molecular formula is C18H18N4O3. The summed E-state index contributed by atoms with van der Waals surface area (Å²) in [5.41, 5.74) is 2.57. The highest BCUT2D eigenvalue weighted by Crippen LogP contribution is 2.26. The van der Waals surface area contributed by atoms with E-state index in [0.717, 1.165) is 5.56 Å². The van der Waals surface area contributed by atoms with E-state index in [1.807, 2.05) is 25.1 Å². The molecule has 3 rings (SSSR count). The van der Waals surface area contributed by atoms with Gasteiger partial charge in [0, 0.05) is 18.0 Å². The van der Waals surface area contributed by atoms with Gasteiger partial charge in [0.15, 0.2) is 5.82 Å². The van der Waals surface area contributed by atoms with Crippen LogP contribution in [-0.2, 0) is 0 Å². The van der Waals surface area contributed by atoms with Gasteiger partial charge < -0.3 is 19.9 Å². The number of ether oxygens (including phenoxy) is 1. The Hall–Kier alpha value is -3.35. The van der Waals surface area contributed by atoms with Gasteiger partial charge in [-0.1, -0.05) is 11.2 Å². The first-order valence-corrected chi connectivity index (χ1v) is 7.67. The number of carbonyl (C=O) groups excluding carboxylic acids is 1. The number of methoxy groups -OCH3 is 1. The molecule has 128 valence electrons. The molecule has 2 heterocycles. The van der Waals surface area contributed by atoms with Crippen molar-refractivity contribution in [3.63, 3.8) is 0 Å². The van der Waals surface area contributed by atoms with E-state index in [9.17, 15) is 4.79 Å². The Labute approximate surface area is 145 Å². The van der Waals surface area contributed by atoms with Gasteiger partial charge in [-0.25, -0.2) is 0 Å². The number of nitrogens with one attached hydrogen (secondary N) is 2. The molecule has 0 fully saturated rings. The van der Waals surface area contributed by atoms with Crippen molar-refractivity contribution >= 4 is 23.1 Å². The molecule has 0 unspecified atom stereocenters. The summed E-state index contributed by atoms with van der Waals surface area (Å²) in [6, 6.07) is 10.7. The van der Waals surface area contributed by atoms with Gasteiger partial charge >= 0.3 is 0 Å². The number of aromatic nitrogens is 2. The molecule has 2 N–H and O–H groups in total. The van der Waals surface area contributed by atoms with E-state index < -0.39 is 0 Å². The highest BCUT2D eigenvalue weighted by atomic mass is 16.5. The smallest absolute Gasteiger partial charge is 0.274 e. The number of rotatable bonds is 5. The zero-order chi connectivity index (χ0) is 17.8. The van der Waals surface area contributed by atoms with Crippen LogP contribution in [-0.4, -0.2) is 23.2 Å². The monoisotopic (exact) mass is 338 g/mol. The first-order valence-electron chi connectivity index (χ1n) is 7.67. The standard InChI is InChI=1S/C18H18N4O3/c1-11-4-5-16(24-3)14(8-11)21-18(23)15-10-13(6-7-19-15)20-17-9-12(2)25-22-17/h4-10H,1-3H3,(H,21,23)(H,19,20,22). The fraction of sp³-hybridized carbons (Fsp3) is 0.167. The minimum atomic E-state index is -0.330. The number of amides is 1. The molecule has 2 aromatic heterocycles. The van der Waals surface area contributed by atoms with Crippen LogP contribution >= 0.6 is 0 Å². The summed E-state index contributed by atoms with van der Waals surface area (Å²) in [4.78, 5) is 16.6. The first-order chi connectivity index (χ1) is 12.0. The van der Waals surface area contributed by atoms with E-state index in [1.165, 1.54) is 0 Å². The molecule has 0 aliphatic carbocycles. The molecule has 7 heteroatoms. The Morgan fingerprint density at radius 1 is 1.16 bits per heavy atom. The Morgan fingerprint density at radius 2 is 2.00 bits per heavy atom. The second-order valence-corrected chi connectivity index (χ2v) is 5.54. The Bertz CT molecular complexity index is 905. The van der Waals surface area contributed by atoms with Gasteiger partial charge in [-0.2, -0.15) is 0 Å². The van der Waals surface area contributed by atoms with Crippen molar-refractivity contribution in [2.75, 3.05) is 17.7 Å². The molecular weight excluding hydrogens is 320 g/mol. The average Bonchev–Trinajstić information content (AvgIpc) is 3.00. The van der Waals surface area contributed by atoms with E-state index in [2.05, 4.69) is 20.8 Å². The first kappa shape index (κ1) is 16.5. The molecule has 0 radical (unpaired) electrons. The Balaban J connectivity index is 1.78. The molecule has 7 nitrogen and oxygen atoms in total. The van der Waals surface area contributed by atoms with Gasteiger partial charge in [0.25, 0.3) is 5.91 Å². The fourth-order valence-electron chi connectivity index (χ4n) is 2.31. The summed E-state index contributed by atoms with van der Waals surface area (Å²) in [5.74, 6) is 1.52. The molecule has 0 spiro atoms. The van der Waals surface area contributed by atoms with Gasteiger partial charge in [0.2, 0.25) is 0 Å². The molecule has 0 saturated heterocycles. The van der Waals surface area contributed by atoms with Gasteiger partial charge in [-0.15, -0.1) is 0 Å². The lowest BCUT2D eigenvalue weighted by molar-refractivity contribution is 0.102. The summed E-state index contributed by atoms with van der Waals surface area (Å²) in [7, 11) is 1.56. The molecule has 3 aromatic rings. The van der Waals surface area contributed by atoms with E-state index in [1.54, 1.807) is 38.4 Å². The quantitative estimate of drug-likeness (QED) is 0.737. The maximum Gasteiger partial charge on any atom is 0.274 e. The van der Waals surface area contributed by atoms with Crippen molar-refractivity contribution in [1.29, 1.82) is 0 Å². The van der Waals surface area contributed by atoms with Crippen LogP contribution in [0.2, 0.25) is 0 Å². The molecule has 0 saturated carbocycles. The lowest BCUT2D eigenvalue weighted by Gasteiger charge is -2.11. The van der Waals surface area contributed by atoms with Crippen molar-refractivity contribution in [3.05, 3.63) is 59.6 Å². The molecule has 0 bridgehead atoms. The number of nitrogens with zero attached hydrogens (tertiary/aromatic N) is 2. The lowest BCUT2D eigenvalue weighted by Crippen LogP contribution is -2.14. The number of carbonyl (C=O) groups is 1. The van der Waals surface area contributed by atoms with E-state index >= 15 is 0 Å². The maximum absolute atomic E-state index is 12.5. The van der Waals surface area contributed by atoms with Crippen molar-refractivity contribution in [3.8, 4) is 5.75 Å². The number of pyridine rings is 1. The third-order valence-electron chi connectivity index (χ3n) is 3.50. The Kier molecular flexibility index (Phi) is 4.65. The summed E-state index contributed by atoms with van der Waals surface area (Å²) in [6.07, 6.45) is 1.55. The van der Waals surface area contributed by atoms with Crippen LogP contribution in [0.3, 0.4) is 0 Å². The highest BCUT2D eigenvalue weighted by molar-refractivity contribution is 6.04. The van der Waals surface area contributed by atoms with E-state index in [-0.39, 0.29) is 11.6 Å². The molecule has 1 aromatic carbocycles. The minimum absolute atomic E-state index is 0.272. The van der Waals surface area contributed by atoms with Gasteiger partial charge in [0.05, 0.1) is 12.8 Å². The number of hydrogen-bond donors (Lipinski definition) is 2. The molecule has 0 atom stereocenters. The van der Waals surface area contributed by atoms with Crippen molar-refractivity contribution in [2.24, 2.45) is 0 Å². The lowest BCUT2D eigenvalue weighted by atomic mass is 10.2. The molecule has 25 heavy (non-hydrogen) atoms. The number of aryl methyl sites for hydroxylation is 2. The zero-order valence-electron chi connectivity index (χ0n) is 14.2. The number of hydrogen-bond acceptors (Lipinski definition) is 6. The molecule has 0 aliphatic rings. The van der Waals surface area contributed by atoms with Gasteiger partial charge in [-0.3, -0.25) is 9.78 Å². The summed E-state index contributed by atoms with van der Waals surface area (Å²) in [6.45, 7) is 3.75. The minimum Gasteiger partial charge on any atom is -0.495 e. The largest absolute Gasteiger partial charge is 0.495 e.